The Labute approximate surface area is 185 Å². The number of hydrogen-bond donors (Lipinski definition) is 0. The maximum atomic E-state index is 6.00. The van der Waals surface area contributed by atoms with Crippen LogP contribution in [0.4, 0.5) is 0 Å². The molecule has 3 aromatic rings. The average Bonchev–Trinajstić information content (AvgIpc) is 2.77. The Morgan fingerprint density at radius 3 is 2.39 bits per heavy atom. The topological polar surface area (TPSA) is 22.1 Å². The minimum absolute atomic E-state index is 0.406. The van der Waals surface area contributed by atoms with Gasteiger partial charge in [-0.25, -0.2) is 4.98 Å². The standard InChI is InChI=1S/C29H31NO/c1-2-31-28-12-9-25(29-17-20-13-21(18-29)15-22(14-20)19-29)16-24(28)8-11-26-10-7-23-5-3-4-6-27(23)30-26/h3-12,16,20-22H,2,13-15,17-19H2,1H3/b11-8-. The highest BCUT2D eigenvalue weighted by Gasteiger charge is 2.51. The lowest BCUT2D eigenvalue weighted by Gasteiger charge is -2.57. The van der Waals surface area contributed by atoms with E-state index in [-0.39, 0.29) is 0 Å². The van der Waals surface area contributed by atoms with Crippen LogP contribution in [0.1, 0.15) is 62.3 Å². The van der Waals surface area contributed by atoms with Gasteiger partial charge in [-0.2, -0.15) is 0 Å². The average molecular weight is 410 g/mol. The summed E-state index contributed by atoms with van der Waals surface area (Å²) in [6.45, 7) is 2.75. The highest BCUT2D eigenvalue weighted by atomic mass is 16.5. The predicted molar refractivity (Wildman–Crippen MR) is 128 cm³/mol. The van der Waals surface area contributed by atoms with E-state index < -0.39 is 0 Å². The maximum Gasteiger partial charge on any atom is 0.126 e. The van der Waals surface area contributed by atoms with E-state index in [0.717, 1.165) is 34.7 Å². The SMILES string of the molecule is CCOc1ccc(C23CC4CC(CC(C4)C2)C3)cc1/C=C\c1ccc2ccccc2n1. The molecule has 0 spiro atoms. The summed E-state index contributed by atoms with van der Waals surface area (Å²) in [4.78, 5) is 4.82. The molecule has 0 N–H and O–H groups in total. The monoisotopic (exact) mass is 409 g/mol. The van der Waals surface area contributed by atoms with Crippen molar-refractivity contribution in [2.45, 2.75) is 50.9 Å². The Kier molecular flexibility index (Phi) is 4.63. The number of hydrogen-bond acceptors (Lipinski definition) is 2. The Balaban J connectivity index is 1.35. The number of aromatic nitrogens is 1. The molecule has 158 valence electrons. The van der Waals surface area contributed by atoms with Gasteiger partial charge in [-0.15, -0.1) is 0 Å². The number of rotatable bonds is 5. The summed E-state index contributed by atoms with van der Waals surface area (Å²) in [5.41, 5.74) is 5.16. The number of ether oxygens (including phenoxy) is 1. The second-order valence-electron chi connectivity index (χ2n) is 10.1. The van der Waals surface area contributed by atoms with Gasteiger partial charge < -0.3 is 4.74 Å². The first-order valence-corrected chi connectivity index (χ1v) is 12.0. The van der Waals surface area contributed by atoms with Gasteiger partial charge in [-0.05, 0) is 111 Å². The quantitative estimate of drug-likeness (QED) is 0.442. The molecule has 0 amide bonds. The third-order valence-corrected chi connectivity index (χ3v) is 8.01. The summed E-state index contributed by atoms with van der Waals surface area (Å²) in [5.74, 6) is 3.85. The molecule has 4 saturated carbocycles. The van der Waals surface area contributed by atoms with Gasteiger partial charge in [0, 0.05) is 10.9 Å². The lowest BCUT2D eigenvalue weighted by Crippen LogP contribution is -2.48. The molecule has 31 heavy (non-hydrogen) atoms. The molecule has 4 fully saturated rings. The Hall–Kier alpha value is -2.61. The first kappa shape index (κ1) is 19.1. The van der Waals surface area contributed by atoms with Gasteiger partial charge in [0.25, 0.3) is 0 Å². The van der Waals surface area contributed by atoms with Gasteiger partial charge in [-0.1, -0.05) is 30.3 Å². The van der Waals surface area contributed by atoms with Crippen LogP contribution in [0.25, 0.3) is 23.1 Å². The minimum atomic E-state index is 0.406. The van der Waals surface area contributed by atoms with Crippen molar-refractivity contribution in [3.63, 3.8) is 0 Å². The van der Waals surface area contributed by atoms with Gasteiger partial charge in [0.15, 0.2) is 0 Å². The van der Waals surface area contributed by atoms with Crippen molar-refractivity contribution in [2.24, 2.45) is 17.8 Å². The van der Waals surface area contributed by atoms with Crippen LogP contribution >= 0.6 is 0 Å². The van der Waals surface area contributed by atoms with Crippen LogP contribution in [-0.2, 0) is 5.41 Å². The van der Waals surface area contributed by atoms with Gasteiger partial charge in [0.05, 0.1) is 17.8 Å². The molecular formula is C29H31NO. The van der Waals surface area contributed by atoms with E-state index in [1.165, 1.54) is 49.5 Å². The van der Waals surface area contributed by atoms with E-state index in [9.17, 15) is 0 Å². The fourth-order valence-electron chi connectivity index (χ4n) is 7.11. The van der Waals surface area contributed by atoms with Crippen LogP contribution in [0, 0.1) is 17.8 Å². The van der Waals surface area contributed by atoms with Crippen molar-refractivity contribution in [1.29, 1.82) is 0 Å². The summed E-state index contributed by atoms with van der Waals surface area (Å²) in [6, 6.07) is 19.5. The summed E-state index contributed by atoms with van der Waals surface area (Å²) >= 11 is 0. The third kappa shape index (κ3) is 3.46. The van der Waals surface area contributed by atoms with Crippen molar-refractivity contribution in [2.75, 3.05) is 6.61 Å². The minimum Gasteiger partial charge on any atom is -0.493 e. The van der Waals surface area contributed by atoms with E-state index in [1.807, 2.05) is 6.07 Å². The van der Waals surface area contributed by atoms with Crippen molar-refractivity contribution in [1.82, 2.24) is 4.98 Å². The normalized spacial score (nSPS) is 29.1. The molecule has 2 nitrogen and oxygen atoms in total. The zero-order valence-electron chi connectivity index (χ0n) is 18.4. The first-order chi connectivity index (χ1) is 15.2. The Bertz CT molecular complexity index is 1110. The number of fused-ring (bicyclic) bond motifs is 1. The predicted octanol–water partition coefficient (Wildman–Crippen LogP) is 7.27. The van der Waals surface area contributed by atoms with Crippen LogP contribution in [0.2, 0.25) is 0 Å². The molecule has 0 unspecified atom stereocenters. The van der Waals surface area contributed by atoms with Crippen LogP contribution in [0.15, 0.2) is 54.6 Å². The lowest BCUT2D eigenvalue weighted by atomic mass is 9.48. The second-order valence-corrected chi connectivity index (χ2v) is 10.1. The van der Waals surface area contributed by atoms with Crippen molar-refractivity contribution < 1.29 is 4.74 Å². The van der Waals surface area contributed by atoms with Gasteiger partial charge >= 0.3 is 0 Å². The van der Waals surface area contributed by atoms with Gasteiger partial charge in [-0.3, -0.25) is 0 Å². The van der Waals surface area contributed by atoms with Gasteiger partial charge in [0.2, 0.25) is 0 Å². The fourth-order valence-corrected chi connectivity index (χ4v) is 7.11. The smallest absolute Gasteiger partial charge is 0.126 e. The van der Waals surface area contributed by atoms with Crippen LogP contribution in [-0.4, -0.2) is 11.6 Å². The van der Waals surface area contributed by atoms with Crippen molar-refractivity contribution in [3.05, 3.63) is 71.4 Å². The Morgan fingerprint density at radius 1 is 0.903 bits per heavy atom. The van der Waals surface area contributed by atoms with Crippen molar-refractivity contribution >= 4 is 23.1 Å². The molecule has 0 atom stereocenters. The van der Waals surface area contributed by atoms with E-state index in [4.69, 9.17) is 9.72 Å². The highest BCUT2D eigenvalue weighted by Crippen LogP contribution is 2.60. The van der Waals surface area contributed by atoms with E-state index in [0.29, 0.717) is 12.0 Å². The molecular weight excluding hydrogens is 378 g/mol. The first-order valence-electron chi connectivity index (χ1n) is 12.0. The van der Waals surface area contributed by atoms with Crippen LogP contribution < -0.4 is 4.74 Å². The largest absolute Gasteiger partial charge is 0.493 e. The molecule has 0 saturated heterocycles. The van der Waals surface area contributed by atoms with Crippen molar-refractivity contribution in [3.8, 4) is 5.75 Å². The summed E-state index contributed by atoms with van der Waals surface area (Å²) in [7, 11) is 0. The fraction of sp³-hybridized carbons (Fsp3) is 0.414. The molecule has 1 heterocycles. The number of pyridine rings is 1. The van der Waals surface area contributed by atoms with Crippen LogP contribution in [0.5, 0.6) is 5.75 Å². The molecule has 1 aromatic heterocycles. The zero-order chi connectivity index (χ0) is 20.8. The molecule has 7 rings (SSSR count). The second kappa shape index (κ2) is 7.51. The molecule has 0 aliphatic heterocycles. The summed E-state index contributed by atoms with van der Waals surface area (Å²) in [5, 5.41) is 1.18. The van der Waals surface area contributed by atoms with E-state index >= 15 is 0 Å². The zero-order valence-corrected chi connectivity index (χ0v) is 18.4. The molecule has 4 aliphatic rings. The van der Waals surface area contributed by atoms with E-state index in [1.54, 1.807) is 5.56 Å². The molecule has 0 radical (unpaired) electrons. The summed E-state index contributed by atoms with van der Waals surface area (Å²) < 4.78 is 6.00. The molecule has 4 aliphatic carbocycles. The number of nitrogens with zero attached hydrogens (tertiary/aromatic N) is 1. The molecule has 2 heteroatoms. The maximum absolute atomic E-state index is 6.00. The summed E-state index contributed by atoms with van der Waals surface area (Å²) in [6.07, 6.45) is 13.0. The molecule has 4 bridgehead atoms. The number of para-hydroxylation sites is 1. The lowest BCUT2D eigenvalue weighted by molar-refractivity contribution is -0.00521. The molecule has 2 aromatic carbocycles. The van der Waals surface area contributed by atoms with Crippen LogP contribution in [0.3, 0.4) is 0 Å². The van der Waals surface area contributed by atoms with Gasteiger partial charge in [0.1, 0.15) is 5.75 Å². The highest BCUT2D eigenvalue weighted by molar-refractivity contribution is 5.81. The number of benzene rings is 2. The third-order valence-electron chi connectivity index (χ3n) is 8.01. The Morgan fingerprint density at radius 2 is 1.65 bits per heavy atom. The van der Waals surface area contributed by atoms with E-state index in [2.05, 4.69) is 67.6 Å².